The Bertz CT molecular complexity index is 556. The number of likely N-dealkylation sites (tertiary alicyclic amines) is 1. The number of nitrogens with zero attached hydrogens (tertiary/aromatic N) is 1. The van der Waals surface area contributed by atoms with Gasteiger partial charge in [0.25, 0.3) is 0 Å². The number of benzene rings is 1. The van der Waals surface area contributed by atoms with Gasteiger partial charge < -0.3 is 14.2 Å². The molecule has 126 valence electrons. The predicted molar refractivity (Wildman–Crippen MR) is 89.2 cm³/mol. The minimum Gasteiger partial charge on any atom is -0.486 e. The van der Waals surface area contributed by atoms with Gasteiger partial charge in [-0.1, -0.05) is 0 Å². The van der Waals surface area contributed by atoms with Gasteiger partial charge in [-0.2, -0.15) is 0 Å². The fraction of sp³-hybridized carbons (Fsp3) is 0.684. The molecule has 0 saturated carbocycles. The molecular weight excluding hydrogens is 290 g/mol. The fourth-order valence-electron chi connectivity index (χ4n) is 4.13. The van der Waals surface area contributed by atoms with E-state index in [1.165, 1.54) is 49.9 Å². The van der Waals surface area contributed by atoms with E-state index in [4.69, 9.17) is 14.2 Å². The molecule has 0 bridgehead atoms. The highest BCUT2D eigenvalue weighted by molar-refractivity contribution is 5.47. The van der Waals surface area contributed by atoms with Gasteiger partial charge in [-0.15, -0.1) is 0 Å². The lowest BCUT2D eigenvalue weighted by atomic mass is 9.72. The second kappa shape index (κ2) is 6.33. The fourth-order valence-corrected chi connectivity index (χ4v) is 4.13. The van der Waals surface area contributed by atoms with Gasteiger partial charge in [0.15, 0.2) is 11.5 Å². The molecule has 3 aliphatic rings. The normalized spacial score (nSPS) is 23.9. The molecule has 0 amide bonds. The molecule has 0 aliphatic carbocycles. The topological polar surface area (TPSA) is 30.9 Å². The summed E-state index contributed by atoms with van der Waals surface area (Å²) < 4.78 is 17.0. The van der Waals surface area contributed by atoms with E-state index >= 15 is 0 Å². The first-order valence-corrected chi connectivity index (χ1v) is 8.93. The van der Waals surface area contributed by atoms with E-state index in [0.717, 1.165) is 31.3 Å². The third kappa shape index (κ3) is 3.20. The number of ether oxygens (including phenoxy) is 3. The summed E-state index contributed by atoms with van der Waals surface area (Å²) in [6.07, 6.45) is 5.15. The lowest BCUT2D eigenvalue weighted by Crippen LogP contribution is -2.42. The van der Waals surface area contributed by atoms with Crippen LogP contribution in [0.25, 0.3) is 0 Å². The van der Waals surface area contributed by atoms with Crippen molar-refractivity contribution in [3.05, 3.63) is 23.3 Å². The molecule has 0 atom stereocenters. The Morgan fingerprint density at radius 3 is 2.26 bits per heavy atom. The van der Waals surface area contributed by atoms with E-state index in [2.05, 4.69) is 24.0 Å². The number of fused-ring (bicyclic) bond motifs is 1. The van der Waals surface area contributed by atoms with Crippen LogP contribution in [0, 0.1) is 12.3 Å². The summed E-state index contributed by atoms with van der Waals surface area (Å²) in [4.78, 5) is 2.60. The maximum atomic E-state index is 5.74. The highest BCUT2D eigenvalue weighted by Gasteiger charge is 2.36. The predicted octanol–water partition coefficient (Wildman–Crippen LogP) is 3.16. The summed E-state index contributed by atoms with van der Waals surface area (Å²) in [6.45, 7) is 8.84. The highest BCUT2D eigenvalue weighted by Crippen LogP contribution is 2.41. The number of aryl methyl sites for hydroxylation is 1. The molecule has 4 rings (SSSR count). The highest BCUT2D eigenvalue weighted by atomic mass is 16.6. The molecule has 1 aromatic carbocycles. The van der Waals surface area contributed by atoms with Gasteiger partial charge in [0.05, 0.1) is 0 Å². The molecule has 4 heteroatoms. The molecule has 3 heterocycles. The van der Waals surface area contributed by atoms with Crippen LogP contribution in [0.1, 0.15) is 36.8 Å². The number of hydrogen-bond acceptors (Lipinski definition) is 4. The molecule has 2 fully saturated rings. The third-order valence-electron chi connectivity index (χ3n) is 5.86. The van der Waals surface area contributed by atoms with Crippen LogP contribution in [-0.2, 0) is 11.3 Å². The molecule has 0 N–H and O–H groups in total. The van der Waals surface area contributed by atoms with E-state index in [1.54, 1.807) is 0 Å². The molecular formula is C19H27NO3. The Hall–Kier alpha value is -1.26. The molecule has 3 aliphatic heterocycles. The molecule has 4 nitrogen and oxygen atoms in total. The zero-order valence-electron chi connectivity index (χ0n) is 14.1. The summed E-state index contributed by atoms with van der Waals surface area (Å²) in [5, 5.41) is 0. The Labute approximate surface area is 138 Å². The van der Waals surface area contributed by atoms with E-state index in [0.29, 0.717) is 18.6 Å². The minimum atomic E-state index is 0.566. The zero-order valence-corrected chi connectivity index (χ0v) is 14.1. The Kier molecular flexibility index (Phi) is 4.20. The van der Waals surface area contributed by atoms with Crippen LogP contribution in [0.3, 0.4) is 0 Å². The summed E-state index contributed by atoms with van der Waals surface area (Å²) in [7, 11) is 0. The summed E-state index contributed by atoms with van der Waals surface area (Å²) >= 11 is 0. The van der Waals surface area contributed by atoms with Crippen LogP contribution in [-0.4, -0.2) is 44.4 Å². The van der Waals surface area contributed by atoms with Crippen molar-refractivity contribution in [2.45, 2.75) is 39.2 Å². The maximum absolute atomic E-state index is 5.74. The monoisotopic (exact) mass is 317 g/mol. The SMILES string of the molecule is Cc1cc2c(cc1CN1CCC3(CCOCC3)CC1)OCCO2. The lowest BCUT2D eigenvalue weighted by Gasteiger charge is -2.44. The van der Waals surface area contributed by atoms with E-state index in [-0.39, 0.29) is 0 Å². The van der Waals surface area contributed by atoms with Gasteiger partial charge >= 0.3 is 0 Å². The van der Waals surface area contributed by atoms with Crippen molar-refractivity contribution < 1.29 is 14.2 Å². The first-order valence-electron chi connectivity index (χ1n) is 8.93. The van der Waals surface area contributed by atoms with Crippen LogP contribution in [0.5, 0.6) is 11.5 Å². The summed E-state index contributed by atoms with van der Waals surface area (Å²) in [5.41, 5.74) is 3.24. The van der Waals surface area contributed by atoms with Crippen LogP contribution >= 0.6 is 0 Å². The average molecular weight is 317 g/mol. The number of piperidine rings is 1. The van der Waals surface area contributed by atoms with Crippen LogP contribution in [0.2, 0.25) is 0 Å². The smallest absolute Gasteiger partial charge is 0.161 e. The van der Waals surface area contributed by atoms with E-state index in [9.17, 15) is 0 Å². The van der Waals surface area contributed by atoms with Crippen molar-refractivity contribution in [1.82, 2.24) is 4.90 Å². The first-order chi connectivity index (χ1) is 11.2. The van der Waals surface area contributed by atoms with Crippen molar-refractivity contribution >= 4 is 0 Å². The van der Waals surface area contributed by atoms with Gasteiger partial charge in [-0.25, -0.2) is 0 Å². The lowest BCUT2D eigenvalue weighted by molar-refractivity contribution is -0.0218. The summed E-state index contributed by atoms with van der Waals surface area (Å²) in [6, 6.07) is 4.32. The van der Waals surface area contributed by atoms with Gasteiger partial charge in [-0.3, -0.25) is 4.90 Å². The molecule has 0 radical (unpaired) electrons. The number of rotatable bonds is 2. The molecule has 2 saturated heterocycles. The van der Waals surface area contributed by atoms with Crippen molar-refractivity contribution in [2.24, 2.45) is 5.41 Å². The standard InChI is InChI=1S/C19H27NO3/c1-15-12-17-18(23-11-10-22-17)13-16(15)14-20-6-2-19(3-7-20)4-8-21-9-5-19/h12-13H,2-11,14H2,1H3. The second-order valence-electron chi connectivity index (χ2n) is 7.31. The summed E-state index contributed by atoms with van der Waals surface area (Å²) in [5.74, 6) is 1.81. The largest absolute Gasteiger partial charge is 0.486 e. The Morgan fingerprint density at radius 1 is 0.913 bits per heavy atom. The van der Waals surface area contributed by atoms with E-state index in [1.807, 2.05) is 0 Å². The van der Waals surface area contributed by atoms with Crippen LogP contribution < -0.4 is 9.47 Å². The Balaban J connectivity index is 1.41. The van der Waals surface area contributed by atoms with E-state index < -0.39 is 0 Å². The zero-order chi connectivity index (χ0) is 15.7. The van der Waals surface area contributed by atoms with Gasteiger partial charge in [0.1, 0.15) is 13.2 Å². The van der Waals surface area contributed by atoms with Crippen molar-refractivity contribution in [1.29, 1.82) is 0 Å². The van der Waals surface area contributed by atoms with Crippen molar-refractivity contribution in [2.75, 3.05) is 39.5 Å². The third-order valence-corrected chi connectivity index (χ3v) is 5.86. The van der Waals surface area contributed by atoms with Crippen molar-refractivity contribution in [3.8, 4) is 11.5 Å². The van der Waals surface area contributed by atoms with Crippen molar-refractivity contribution in [3.63, 3.8) is 0 Å². The molecule has 0 aromatic heterocycles. The second-order valence-corrected chi connectivity index (χ2v) is 7.31. The van der Waals surface area contributed by atoms with Gasteiger partial charge in [-0.05, 0) is 74.4 Å². The maximum Gasteiger partial charge on any atom is 0.161 e. The van der Waals surface area contributed by atoms with Crippen LogP contribution in [0.15, 0.2) is 12.1 Å². The van der Waals surface area contributed by atoms with Gasteiger partial charge in [0.2, 0.25) is 0 Å². The average Bonchev–Trinajstić information content (AvgIpc) is 2.58. The van der Waals surface area contributed by atoms with Gasteiger partial charge in [0, 0.05) is 19.8 Å². The molecule has 23 heavy (non-hydrogen) atoms. The van der Waals surface area contributed by atoms with Crippen LogP contribution in [0.4, 0.5) is 0 Å². The molecule has 0 unspecified atom stereocenters. The number of hydrogen-bond donors (Lipinski definition) is 0. The molecule has 1 spiro atoms. The molecule has 1 aromatic rings. The first kappa shape index (κ1) is 15.3. The Morgan fingerprint density at radius 2 is 1.57 bits per heavy atom. The quantitative estimate of drug-likeness (QED) is 0.838. The minimum absolute atomic E-state index is 0.566.